The van der Waals surface area contributed by atoms with Crippen LogP contribution in [0.3, 0.4) is 0 Å². The van der Waals surface area contributed by atoms with Crippen LogP contribution in [0.15, 0.2) is 36.7 Å². The zero-order valence-electron chi connectivity index (χ0n) is 18.7. The normalized spacial score (nSPS) is 22.7. The van der Waals surface area contributed by atoms with Crippen molar-refractivity contribution in [2.75, 3.05) is 17.7 Å². The van der Waals surface area contributed by atoms with Gasteiger partial charge in [0.1, 0.15) is 5.82 Å². The molecular formula is C23H30N8O2. The number of pyridine rings is 1. The fourth-order valence-electron chi connectivity index (χ4n) is 5.04. The fraction of sp³-hybridized carbons (Fsp3) is 0.478. The molecule has 5 heterocycles. The topological polar surface area (TPSA) is 124 Å². The van der Waals surface area contributed by atoms with Crippen molar-refractivity contribution >= 4 is 17.6 Å². The molecule has 10 heteroatoms. The summed E-state index contributed by atoms with van der Waals surface area (Å²) >= 11 is 0. The lowest BCUT2D eigenvalue weighted by molar-refractivity contribution is 0.0276. The van der Waals surface area contributed by atoms with E-state index in [0.29, 0.717) is 47.3 Å². The number of aliphatic hydroxyl groups is 1. The molecule has 0 aliphatic carbocycles. The summed E-state index contributed by atoms with van der Waals surface area (Å²) in [5.74, 6) is 2.17. The van der Waals surface area contributed by atoms with Crippen LogP contribution >= 0.6 is 0 Å². The van der Waals surface area contributed by atoms with Gasteiger partial charge in [0.05, 0.1) is 19.4 Å². The monoisotopic (exact) mass is 450 g/mol. The van der Waals surface area contributed by atoms with Gasteiger partial charge in [0.15, 0.2) is 5.82 Å². The number of nitrogens with zero attached hydrogens (tertiary/aromatic N) is 5. The molecule has 174 valence electrons. The van der Waals surface area contributed by atoms with Crippen LogP contribution in [-0.2, 0) is 13.2 Å². The van der Waals surface area contributed by atoms with Crippen LogP contribution in [0.1, 0.15) is 43.4 Å². The van der Waals surface area contributed by atoms with Gasteiger partial charge in [-0.25, -0.2) is 0 Å². The lowest BCUT2D eigenvalue weighted by atomic mass is 9.81. The first-order valence-corrected chi connectivity index (χ1v) is 11.5. The highest BCUT2D eigenvalue weighted by Crippen LogP contribution is 2.36. The van der Waals surface area contributed by atoms with E-state index >= 15 is 0 Å². The van der Waals surface area contributed by atoms with Crippen LogP contribution in [0, 0.1) is 0 Å². The third-order valence-corrected chi connectivity index (χ3v) is 6.52. The van der Waals surface area contributed by atoms with E-state index in [9.17, 15) is 5.11 Å². The van der Waals surface area contributed by atoms with E-state index in [1.807, 2.05) is 18.5 Å². The molecule has 0 unspecified atom stereocenters. The first kappa shape index (κ1) is 21.6. The Morgan fingerprint density at radius 3 is 2.73 bits per heavy atom. The van der Waals surface area contributed by atoms with Gasteiger partial charge >= 0.3 is 0 Å². The number of piperidine rings is 2. The number of ether oxygens (including phenoxy) is 1. The number of hydrogen-bond donors (Lipinski definition) is 4. The van der Waals surface area contributed by atoms with Crippen LogP contribution < -0.4 is 15.4 Å². The van der Waals surface area contributed by atoms with Crippen LogP contribution in [0.2, 0.25) is 0 Å². The number of hydrogen-bond acceptors (Lipinski definition) is 9. The molecular weight excluding hydrogens is 420 g/mol. The predicted octanol–water partition coefficient (Wildman–Crippen LogP) is 2.84. The van der Waals surface area contributed by atoms with Gasteiger partial charge in [0.2, 0.25) is 11.8 Å². The Morgan fingerprint density at radius 2 is 2.03 bits per heavy atom. The van der Waals surface area contributed by atoms with E-state index in [1.54, 1.807) is 19.2 Å². The van der Waals surface area contributed by atoms with Crippen LogP contribution in [-0.4, -0.2) is 60.4 Å². The maximum atomic E-state index is 9.23. The fourth-order valence-corrected chi connectivity index (χ4v) is 5.04. The van der Waals surface area contributed by atoms with Gasteiger partial charge in [-0.3, -0.25) is 15.0 Å². The predicted molar refractivity (Wildman–Crippen MR) is 124 cm³/mol. The second-order valence-corrected chi connectivity index (χ2v) is 8.77. The lowest BCUT2D eigenvalue weighted by Crippen LogP contribution is -2.54. The standard InChI is InChI=1S/C23H30N8O2/c1-33-22-11-20(26-21-10-17(14-32)29-30-21)27-23(28-22)25-16-8-18-5-2-6-19(9-16)31(18)13-15-4-3-7-24-12-15/h3-4,7,10-12,16,18-19,32H,2,5-6,8-9,13-14H2,1H3,(H3,25,26,27,28,29,30)/t16-,18+,19-. The average Bonchev–Trinajstić information content (AvgIpc) is 3.27. The zero-order chi connectivity index (χ0) is 22.6. The molecule has 0 radical (unpaired) electrons. The number of H-pyrrole nitrogens is 1. The summed E-state index contributed by atoms with van der Waals surface area (Å²) in [6.07, 6.45) is 9.63. The highest BCUT2D eigenvalue weighted by Gasteiger charge is 2.38. The van der Waals surface area contributed by atoms with Gasteiger partial charge in [-0.15, -0.1) is 0 Å². The summed E-state index contributed by atoms with van der Waals surface area (Å²) < 4.78 is 5.39. The third kappa shape index (κ3) is 5.07. The first-order chi connectivity index (χ1) is 16.2. The minimum atomic E-state index is -0.101. The quantitative estimate of drug-likeness (QED) is 0.410. The van der Waals surface area contributed by atoms with Crippen molar-refractivity contribution in [2.45, 2.75) is 63.4 Å². The van der Waals surface area contributed by atoms with Crippen molar-refractivity contribution in [1.82, 2.24) is 30.0 Å². The molecule has 2 bridgehead atoms. The molecule has 3 atom stereocenters. The van der Waals surface area contributed by atoms with E-state index < -0.39 is 0 Å². The van der Waals surface area contributed by atoms with E-state index in [2.05, 4.69) is 46.7 Å². The number of aromatic amines is 1. The highest BCUT2D eigenvalue weighted by molar-refractivity contribution is 5.55. The Balaban J connectivity index is 1.28. The minimum absolute atomic E-state index is 0.101. The number of anilines is 3. The molecule has 2 aliphatic rings. The van der Waals surface area contributed by atoms with Crippen molar-refractivity contribution in [1.29, 1.82) is 0 Å². The largest absolute Gasteiger partial charge is 0.481 e. The van der Waals surface area contributed by atoms with Crippen molar-refractivity contribution in [3.05, 3.63) is 47.9 Å². The summed E-state index contributed by atoms with van der Waals surface area (Å²) in [5.41, 5.74) is 1.90. The molecule has 2 fully saturated rings. The Hall–Kier alpha value is -3.24. The number of fused-ring (bicyclic) bond motifs is 2. The van der Waals surface area contributed by atoms with Crippen molar-refractivity contribution in [3.8, 4) is 5.88 Å². The van der Waals surface area contributed by atoms with Gasteiger partial charge in [0.25, 0.3) is 0 Å². The van der Waals surface area contributed by atoms with Gasteiger partial charge in [0, 0.05) is 49.2 Å². The number of rotatable bonds is 8. The molecule has 2 aliphatic heterocycles. The maximum absolute atomic E-state index is 9.23. The van der Waals surface area contributed by atoms with Crippen molar-refractivity contribution in [3.63, 3.8) is 0 Å². The molecule has 5 rings (SSSR count). The summed E-state index contributed by atoms with van der Waals surface area (Å²) in [6.45, 7) is 0.857. The van der Waals surface area contributed by atoms with Gasteiger partial charge in [-0.1, -0.05) is 12.5 Å². The average molecular weight is 451 g/mol. The van der Waals surface area contributed by atoms with Crippen molar-refractivity contribution in [2.24, 2.45) is 0 Å². The van der Waals surface area contributed by atoms with E-state index in [4.69, 9.17) is 4.74 Å². The summed E-state index contributed by atoms with van der Waals surface area (Å²) in [4.78, 5) is 16.1. The smallest absolute Gasteiger partial charge is 0.228 e. The minimum Gasteiger partial charge on any atom is -0.481 e. The number of aromatic nitrogens is 5. The molecule has 0 aromatic carbocycles. The van der Waals surface area contributed by atoms with Crippen molar-refractivity contribution < 1.29 is 9.84 Å². The lowest BCUT2D eigenvalue weighted by Gasteiger charge is -2.49. The van der Waals surface area contributed by atoms with Gasteiger partial charge in [-0.2, -0.15) is 15.1 Å². The van der Waals surface area contributed by atoms with Crippen LogP contribution in [0.25, 0.3) is 0 Å². The highest BCUT2D eigenvalue weighted by atomic mass is 16.5. The SMILES string of the molecule is COc1cc(Nc2cc(CO)[nH]n2)nc(N[C@H]2C[C@H]3CCC[C@@H](C2)N3Cc2cccnc2)n1. The molecule has 3 aromatic heterocycles. The third-order valence-electron chi connectivity index (χ3n) is 6.52. The maximum Gasteiger partial charge on any atom is 0.228 e. The molecule has 0 saturated carbocycles. The van der Waals surface area contributed by atoms with Gasteiger partial charge < -0.3 is 20.5 Å². The Bertz CT molecular complexity index is 1050. The van der Waals surface area contributed by atoms with Crippen LogP contribution in [0.4, 0.5) is 17.6 Å². The molecule has 0 spiro atoms. The van der Waals surface area contributed by atoms with Gasteiger partial charge in [-0.05, 0) is 37.3 Å². The van der Waals surface area contributed by atoms with E-state index in [1.165, 1.54) is 24.8 Å². The summed E-state index contributed by atoms with van der Waals surface area (Å²) in [5, 5.41) is 22.8. The zero-order valence-corrected chi connectivity index (χ0v) is 18.7. The Morgan fingerprint density at radius 1 is 1.18 bits per heavy atom. The molecule has 0 amide bonds. The molecule has 4 N–H and O–H groups in total. The summed E-state index contributed by atoms with van der Waals surface area (Å²) in [6, 6.07) is 9.02. The second kappa shape index (κ2) is 9.72. The number of methoxy groups -OCH3 is 1. The molecule has 2 saturated heterocycles. The summed E-state index contributed by atoms with van der Waals surface area (Å²) in [7, 11) is 1.59. The van der Waals surface area contributed by atoms with Crippen LogP contribution in [0.5, 0.6) is 5.88 Å². The molecule has 33 heavy (non-hydrogen) atoms. The Labute approximate surface area is 192 Å². The molecule has 10 nitrogen and oxygen atoms in total. The molecule has 3 aromatic rings. The number of nitrogens with one attached hydrogen (secondary N) is 3. The van der Waals surface area contributed by atoms with E-state index in [-0.39, 0.29) is 6.61 Å². The first-order valence-electron chi connectivity index (χ1n) is 11.5. The number of aliphatic hydroxyl groups excluding tert-OH is 1. The Kier molecular flexibility index (Phi) is 6.36. The van der Waals surface area contributed by atoms with E-state index in [0.717, 1.165) is 19.4 Å². The second-order valence-electron chi connectivity index (χ2n) is 8.77.